The summed E-state index contributed by atoms with van der Waals surface area (Å²) < 4.78 is 13.1. The van der Waals surface area contributed by atoms with Gasteiger partial charge in [0.1, 0.15) is 17.1 Å². The molecule has 0 aromatic heterocycles. The van der Waals surface area contributed by atoms with E-state index in [4.69, 9.17) is 5.84 Å². The van der Waals surface area contributed by atoms with Crippen molar-refractivity contribution in [1.29, 1.82) is 0 Å². The predicted octanol–water partition coefficient (Wildman–Crippen LogP) is 2.27. The average molecular weight is 290 g/mol. The molecular formula is C13H11FN4O3. The molecule has 2 rings (SSSR count). The van der Waals surface area contributed by atoms with Crippen LogP contribution < -0.4 is 16.6 Å². The van der Waals surface area contributed by atoms with Crippen LogP contribution in [-0.2, 0) is 0 Å². The minimum absolute atomic E-state index is 0.00638. The van der Waals surface area contributed by atoms with Crippen LogP contribution in [0.25, 0.3) is 0 Å². The molecule has 4 N–H and O–H groups in total. The number of anilines is 2. The second-order valence-electron chi connectivity index (χ2n) is 4.07. The Bertz CT molecular complexity index is 706. The number of carbonyl (C=O) groups is 1. The number of nitro groups is 1. The summed E-state index contributed by atoms with van der Waals surface area (Å²) in [7, 11) is 0. The molecule has 0 aliphatic rings. The number of benzene rings is 2. The normalized spacial score (nSPS) is 10.0. The number of hydrazine groups is 1. The summed E-state index contributed by atoms with van der Waals surface area (Å²) in [6, 6.07) is 9.31. The molecule has 108 valence electrons. The summed E-state index contributed by atoms with van der Waals surface area (Å²) in [5, 5.41) is 13.5. The molecule has 7 nitrogen and oxygen atoms in total. The Labute approximate surface area is 118 Å². The summed E-state index contributed by atoms with van der Waals surface area (Å²) in [6.45, 7) is 0. The monoisotopic (exact) mass is 290 g/mol. The topological polar surface area (TPSA) is 110 Å². The summed E-state index contributed by atoms with van der Waals surface area (Å²) in [6.07, 6.45) is 0. The fourth-order valence-electron chi connectivity index (χ4n) is 1.80. The number of nitrogen functional groups attached to an aromatic ring is 1. The minimum Gasteiger partial charge on any atom is -0.322 e. The molecule has 0 fully saturated rings. The molecule has 0 aliphatic heterocycles. The lowest BCUT2D eigenvalue weighted by Gasteiger charge is -2.08. The third kappa shape index (κ3) is 3.12. The first-order chi connectivity index (χ1) is 10.0. The van der Waals surface area contributed by atoms with Gasteiger partial charge in [0.25, 0.3) is 5.91 Å². The van der Waals surface area contributed by atoms with Gasteiger partial charge >= 0.3 is 5.69 Å². The molecule has 0 atom stereocenters. The molecule has 1 amide bonds. The molecule has 0 bridgehead atoms. The fourth-order valence-corrected chi connectivity index (χ4v) is 1.80. The lowest BCUT2D eigenvalue weighted by Crippen LogP contribution is -2.16. The van der Waals surface area contributed by atoms with Gasteiger partial charge in [-0.1, -0.05) is 12.1 Å². The van der Waals surface area contributed by atoms with E-state index >= 15 is 0 Å². The number of nitrogens with zero attached hydrogens (tertiary/aromatic N) is 1. The van der Waals surface area contributed by atoms with Crippen LogP contribution in [-0.4, -0.2) is 10.8 Å². The number of amides is 1. The lowest BCUT2D eigenvalue weighted by atomic mass is 10.1. The van der Waals surface area contributed by atoms with Gasteiger partial charge in [-0.25, -0.2) is 4.39 Å². The standard InChI is InChI=1S/C13H11FN4O3/c14-8-3-1-4-9(7-8)16-13(19)10-5-2-6-11(17-15)12(10)18(20)21/h1-7,17H,15H2,(H,16,19). The molecule has 0 heterocycles. The van der Waals surface area contributed by atoms with E-state index in [2.05, 4.69) is 10.7 Å². The van der Waals surface area contributed by atoms with Crippen LogP contribution in [0, 0.1) is 15.9 Å². The van der Waals surface area contributed by atoms with Crippen LogP contribution in [0.1, 0.15) is 10.4 Å². The fraction of sp³-hybridized carbons (Fsp3) is 0. The molecule has 0 radical (unpaired) electrons. The first-order valence-corrected chi connectivity index (χ1v) is 5.84. The molecule has 0 saturated heterocycles. The van der Waals surface area contributed by atoms with E-state index in [1.807, 2.05) is 0 Å². The highest BCUT2D eigenvalue weighted by Crippen LogP contribution is 2.28. The molecule has 8 heteroatoms. The van der Waals surface area contributed by atoms with Crippen LogP contribution in [0.4, 0.5) is 21.5 Å². The first-order valence-electron chi connectivity index (χ1n) is 5.84. The number of para-hydroxylation sites is 1. The Hall–Kier alpha value is -3.00. The second kappa shape index (κ2) is 5.97. The molecule has 0 spiro atoms. The summed E-state index contributed by atoms with van der Waals surface area (Å²) >= 11 is 0. The zero-order valence-electron chi connectivity index (χ0n) is 10.7. The number of hydrogen-bond donors (Lipinski definition) is 3. The van der Waals surface area contributed by atoms with Gasteiger partial charge < -0.3 is 10.7 Å². The largest absolute Gasteiger partial charge is 0.322 e. The van der Waals surface area contributed by atoms with E-state index in [9.17, 15) is 19.3 Å². The van der Waals surface area contributed by atoms with Gasteiger partial charge in [-0.15, -0.1) is 0 Å². The zero-order chi connectivity index (χ0) is 15.4. The molecule has 2 aromatic carbocycles. The maximum atomic E-state index is 13.1. The highest BCUT2D eigenvalue weighted by molar-refractivity contribution is 6.08. The lowest BCUT2D eigenvalue weighted by molar-refractivity contribution is -0.384. The highest BCUT2D eigenvalue weighted by atomic mass is 19.1. The molecule has 2 aromatic rings. The molecule has 0 saturated carbocycles. The highest BCUT2D eigenvalue weighted by Gasteiger charge is 2.24. The van der Waals surface area contributed by atoms with E-state index in [0.29, 0.717) is 0 Å². The van der Waals surface area contributed by atoms with Crippen LogP contribution in [0.5, 0.6) is 0 Å². The van der Waals surface area contributed by atoms with Gasteiger partial charge in [-0.05, 0) is 30.3 Å². The Morgan fingerprint density at radius 1 is 1.24 bits per heavy atom. The van der Waals surface area contributed by atoms with E-state index in [1.165, 1.54) is 36.4 Å². The zero-order valence-corrected chi connectivity index (χ0v) is 10.7. The third-order valence-corrected chi connectivity index (χ3v) is 2.70. The third-order valence-electron chi connectivity index (χ3n) is 2.70. The van der Waals surface area contributed by atoms with Gasteiger partial charge in [0.2, 0.25) is 0 Å². The molecular weight excluding hydrogens is 279 g/mol. The van der Waals surface area contributed by atoms with Crippen LogP contribution in [0.15, 0.2) is 42.5 Å². The van der Waals surface area contributed by atoms with Gasteiger partial charge in [-0.2, -0.15) is 0 Å². The van der Waals surface area contributed by atoms with Crippen molar-refractivity contribution in [2.45, 2.75) is 0 Å². The number of halogens is 1. The Balaban J connectivity index is 2.37. The molecule has 21 heavy (non-hydrogen) atoms. The summed E-state index contributed by atoms with van der Waals surface area (Å²) in [4.78, 5) is 22.5. The summed E-state index contributed by atoms with van der Waals surface area (Å²) in [5.74, 6) is 3.93. The van der Waals surface area contributed by atoms with Crippen LogP contribution in [0.3, 0.4) is 0 Å². The quantitative estimate of drug-likeness (QED) is 0.454. The first kappa shape index (κ1) is 14.4. The van der Waals surface area contributed by atoms with Crippen LogP contribution in [0.2, 0.25) is 0 Å². The predicted molar refractivity (Wildman–Crippen MR) is 75.3 cm³/mol. The second-order valence-corrected chi connectivity index (χ2v) is 4.07. The van der Waals surface area contributed by atoms with Crippen molar-refractivity contribution >= 4 is 23.0 Å². The SMILES string of the molecule is NNc1cccc(C(=O)Nc2cccc(F)c2)c1[N+](=O)[O-]. The van der Waals surface area contributed by atoms with Gasteiger partial charge in [0, 0.05) is 5.69 Å². The van der Waals surface area contributed by atoms with Gasteiger partial charge in [0.15, 0.2) is 0 Å². The van der Waals surface area contributed by atoms with Crippen molar-refractivity contribution < 1.29 is 14.1 Å². The van der Waals surface area contributed by atoms with Crippen molar-refractivity contribution in [2.24, 2.45) is 5.84 Å². The summed E-state index contributed by atoms with van der Waals surface area (Å²) in [5.41, 5.74) is 1.73. The van der Waals surface area contributed by atoms with Crippen molar-refractivity contribution in [3.63, 3.8) is 0 Å². The number of rotatable bonds is 4. The Morgan fingerprint density at radius 3 is 2.57 bits per heavy atom. The van der Waals surface area contributed by atoms with Crippen LogP contribution >= 0.6 is 0 Å². The van der Waals surface area contributed by atoms with E-state index in [1.54, 1.807) is 0 Å². The van der Waals surface area contributed by atoms with E-state index in [-0.39, 0.29) is 16.9 Å². The maximum Gasteiger partial charge on any atom is 0.306 e. The van der Waals surface area contributed by atoms with E-state index < -0.39 is 22.3 Å². The number of carbonyl (C=O) groups excluding carboxylic acids is 1. The number of nitro benzene ring substituents is 1. The van der Waals surface area contributed by atoms with Gasteiger partial charge in [-0.3, -0.25) is 20.8 Å². The number of nitrogens with two attached hydrogens (primary N) is 1. The van der Waals surface area contributed by atoms with Crippen molar-refractivity contribution in [3.05, 3.63) is 64.0 Å². The molecule has 0 unspecified atom stereocenters. The Kier molecular flexibility index (Phi) is 4.10. The van der Waals surface area contributed by atoms with Gasteiger partial charge in [0.05, 0.1) is 4.92 Å². The smallest absolute Gasteiger partial charge is 0.306 e. The van der Waals surface area contributed by atoms with Crippen molar-refractivity contribution in [1.82, 2.24) is 0 Å². The van der Waals surface area contributed by atoms with Crippen molar-refractivity contribution in [3.8, 4) is 0 Å². The average Bonchev–Trinajstić information content (AvgIpc) is 2.46. The number of nitrogens with one attached hydrogen (secondary N) is 2. The minimum atomic E-state index is -0.732. The number of hydrogen-bond acceptors (Lipinski definition) is 5. The maximum absolute atomic E-state index is 13.1. The van der Waals surface area contributed by atoms with Crippen molar-refractivity contribution in [2.75, 3.05) is 10.7 Å². The van der Waals surface area contributed by atoms with E-state index in [0.717, 1.165) is 6.07 Å². The molecule has 0 aliphatic carbocycles. The Morgan fingerprint density at radius 2 is 1.95 bits per heavy atom.